The van der Waals surface area contributed by atoms with Gasteiger partial charge in [-0.05, 0) is 20.3 Å². The van der Waals surface area contributed by atoms with Crippen molar-refractivity contribution in [1.29, 1.82) is 0 Å². The van der Waals surface area contributed by atoms with Crippen molar-refractivity contribution in [2.45, 2.75) is 32.9 Å². The number of halogens is 1. The Morgan fingerprint density at radius 3 is 2.73 bits per heavy atom. The van der Waals surface area contributed by atoms with Gasteiger partial charge in [0.1, 0.15) is 10.0 Å². The zero-order chi connectivity index (χ0) is 11.3. The smallest absolute Gasteiger partial charge is 0.138 e. The number of nitrogens with zero attached hydrogens (tertiary/aromatic N) is 3. The molecule has 0 amide bonds. The average Bonchev–Trinajstić information content (AvgIpc) is 2.58. The molecule has 0 radical (unpaired) electrons. The quantitative estimate of drug-likeness (QED) is 0.835. The van der Waals surface area contributed by atoms with Crippen LogP contribution in [0.4, 0.5) is 0 Å². The molecule has 1 aromatic rings. The second-order valence-electron chi connectivity index (χ2n) is 3.63. The Morgan fingerprint density at radius 1 is 1.53 bits per heavy atom. The highest BCUT2D eigenvalue weighted by Gasteiger charge is 2.14. The molecule has 1 N–H and O–H groups in total. The van der Waals surface area contributed by atoms with E-state index < -0.39 is 0 Å². The molecule has 15 heavy (non-hydrogen) atoms. The summed E-state index contributed by atoms with van der Waals surface area (Å²) in [6.45, 7) is 6.00. The summed E-state index contributed by atoms with van der Waals surface area (Å²) in [5.41, 5.74) is 0.827. The minimum absolute atomic E-state index is 0.215. The first-order valence-electron chi connectivity index (χ1n) is 4.96. The summed E-state index contributed by atoms with van der Waals surface area (Å²) in [5, 5.41) is 12.8. The predicted octanol–water partition coefficient (Wildman–Crippen LogP) is 1.78. The molecule has 1 aromatic heterocycles. The molecule has 0 saturated carbocycles. The standard InChI is InChI=1S/C9H16ClN3OS/c1-7(2)13(4-3-5-14)6-8-9(10)15-12-11-8/h7,14H,3-6H2,1-2H3. The van der Waals surface area contributed by atoms with Gasteiger partial charge in [-0.1, -0.05) is 16.1 Å². The van der Waals surface area contributed by atoms with Crippen molar-refractivity contribution in [3.63, 3.8) is 0 Å². The van der Waals surface area contributed by atoms with E-state index in [0.29, 0.717) is 16.9 Å². The van der Waals surface area contributed by atoms with Crippen LogP contribution >= 0.6 is 23.1 Å². The van der Waals surface area contributed by atoms with E-state index in [2.05, 4.69) is 28.3 Å². The number of hydrogen-bond donors (Lipinski definition) is 1. The maximum absolute atomic E-state index is 8.80. The van der Waals surface area contributed by atoms with E-state index in [0.717, 1.165) is 18.7 Å². The van der Waals surface area contributed by atoms with E-state index in [-0.39, 0.29) is 6.61 Å². The first-order valence-corrected chi connectivity index (χ1v) is 6.12. The van der Waals surface area contributed by atoms with Gasteiger partial charge in [0.05, 0.1) is 0 Å². The van der Waals surface area contributed by atoms with Gasteiger partial charge >= 0.3 is 0 Å². The Labute approximate surface area is 99.0 Å². The van der Waals surface area contributed by atoms with Gasteiger partial charge in [-0.25, -0.2) is 0 Å². The van der Waals surface area contributed by atoms with Crippen LogP contribution in [-0.4, -0.2) is 38.8 Å². The van der Waals surface area contributed by atoms with Crippen molar-refractivity contribution in [3.05, 3.63) is 10.0 Å². The van der Waals surface area contributed by atoms with Crippen LogP contribution in [0.2, 0.25) is 4.34 Å². The Balaban J connectivity index is 2.54. The first kappa shape index (κ1) is 12.8. The Morgan fingerprint density at radius 2 is 2.27 bits per heavy atom. The van der Waals surface area contributed by atoms with Crippen LogP contribution in [0.15, 0.2) is 0 Å². The predicted molar refractivity (Wildman–Crippen MR) is 62.2 cm³/mol. The molecule has 86 valence electrons. The number of aliphatic hydroxyl groups excluding tert-OH is 1. The second-order valence-corrected chi connectivity index (χ2v) is 4.99. The summed E-state index contributed by atoms with van der Waals surface area (Å²) in [5.74, 6) is 0. The van der Waals surface area contributed by atoms with Gasteiger partial charge in [-0.15, -0.1) is 5.10 Å². The molecule has 1 rings (SSSR count). The Hall–Kier alpha value is -0.230. The molecule has 0 atom stereocenters. The summed E-state index contributed by atoms with van der Waals surface area (Å²) < 4.78 is 4.46. The van der Waals surface area contributed by atoms with E-state index in [9.17, 15) is 0 Å². The monoisotopic (exact) mass is 249 g/mol. The minimum Gasteiger partial charge on any atom is -0.396 e. The largest absolute Gasteiger partial charge is 0.396 e. The molecule has 0 spiro atoms. The van der Waals surface area contributed by atoms with Gasteiger partial charge in [0.15, 0.2) is 0 Å². The third-order valence-electron chi connectivity index (χ3n) is 2.20. The van der Waals surface area contributed by atoms with Crippen molar-refractivity contribution < 1.29 is 5.11 Å². The average molecular weight is 250 g/mol. The lowest BCUT2D eigenvalue weighted by Gasteiger charge is -2.25. The van der Waals surface area contributed by atoms with Crippen molar-refractivity contribution >= 4 is 23.1 Å². The van der Waals surface area contributed by atoms with Gasteiger partial charge in [-0.2, -0.15) is 0 Å². The molecule has 0 bridgehead atoms. The van der Waals surface area contributed by atoms with E-state index in [4.69, 9.17) is 16.7 Å². The lowest BCUT2D eigenvalue weighted by Crippen LogP contribution is -2.32. The molecule has 0 aliphatic carbocycles. The molecular weight excluding hydrogens is 234 g/mol. The van der Waals surface area contributed by atoms with Gasteiger partial charge in [0.25, 0.3) is 0 Å². The summed E-state index contributed by atoms with van der Waals surface area (Å²) >= 11 is 7.15. The number of aromatic nitrogens is 2. The molecule has 6 heteroatoms. The molecule has 0 saturated heterocycles. The molecule has 0 fully saturated rings. The van der Waals surface area contributed by atoms with Crippen LogP contribution in [0, 0.1) is 0 Å². The maximum Gasteiger partial charge on any atom is 0.138 e. The zero-order valence-electron chi connectivity index (χ0n) is 8.98. The topological polar surface area (TPSA) is 49.2 Å². The highest BCUT2D eigenvalue weighted by Crippen LogP contribution is 2.19. The van der Waals surface area contributed by atoms with Crippen LogP contribution in [0.5, 0.6) is 0 Å². The summed E-state index contributed by atoms with van der Waals surface area (Å²) in [6.07, 6.45) is 0.771. The fraction of sp³-hybridized carbons (Fsp3) is 0.778. The Kier molecular flexibility index (Phi) is 5.45. The molecule has 0 aliphatic heterocycles. The Bertz CT molecular complexity index is 293. The third-order valence-corrected chi connectivity index (χ3v) is 3.18. The molecular formula is C9H16ClN3OS. The van der Waals surface area contributed by atoms with Gasteiger partial charge in [0.2, 0.25) is 0 Å². The van der Waals surface area contributed by atoms with E-state index in [1.54, 1.807) is 0 Å². The SMILES string of the molecule is CC(C)N(CCCO)Cc1nnsc1Cl. The second kappa shape index (κ2) is 6.37. The lowest BCUT2D eigenvalue weighted by atomic mass is 10.2. The lowest BCUT2D eigenvalue weighted by molar-refractivity contribution is 0.183. The number of hydrogen-bond acceptors (Lipinski definition) is 5. The summed E-state index contributed by atoms with van der Waals surface area (Å²) in [7, 11) is 0. The van der Waals surface area contributed by atoms with Crippen LogP contribution in [0.3, 0.4) is 0 Å². The van der Waals surface area contributed by atoms with Crippen molar-refractivity contribution in [2.75, 3.05) is 13.2 Å². The van der Waals surface area contributed by atoms with Crippen LogP contribution in [-0.2, 0) is 6.54 Å². The molecule has 0 aromatic carbocycles. The highest BCUT2D eigenvalue weighted by molar-refractivity contribution is 7.10. The minimum atomic E-state index is 0.215. The molecule has 1 heterocycles. The van der Waals surface area contributed by atoms with Crippen LogP contribution in [0.25, 0.3) is 0 Å². The third kappa shape index (κ3) is 4.03. The van der Waals surface area contributed by atoms with Gasteiger partial charge in [-0.3, -0.25) is 4.90 Å². The van der Waals surface area contributed by atoms with E-state index in [1.165, 1.54) is 11.5 Å². The normalized spacial score (nSPS) is 11.6. The maximum atomic E-state index is 8.80. The van der Waals surface area contributed by atoms with Crippen molar-refractivity contribution in [1.82, 2.24) is 14.5 Å². The molecule has 0 aliphatic rings. The van der Waals surface area contributed by atoms with Crippen molar-refractivity contribution in [2.24, 2.45) is 0 Å². The molecule has 4 nitrogen and oxygen atoms in total. The molecule has 0 unspecified atom stereocenters. The first-order chi connectivity index (χ1) is 7.15. The zero-order valence-corrected chi connectivity index (χ0v) is 10.6. The summed E-state index contributed by atoms with van der Waals surface area (Å²) in [6, 6.07) is 0.411. The fourth-order valence-electron chi connectivity index (χ4n) is 1.28. The van der Waals surface area contributed by atoms with E-state index >= 15 is 0 Å². The number of rotatable bonds is 6. The van der Waals surface area contributed by atoms with Crippen LogP contribution in [0.1, 0.15) is 26.0 Å². The number of aliphatic hydroxyl groups is 1. The van der Waals surface area contributed by atoms with Crippen LogP contribution < -0.4 is 0 Å². The van der Waals surface area contributed by atoms with E-state index in [1.807, 2.05) is 0 Å². The highest BCUT2D eigenvalue weighted by atomic mass is 35.5. The van der Waals surface area contributed by atoms with Gasteiger partial charge < -0.3 is 5.11 Å². The fourth-order valence-corrected chi connectivity index (χ4v) is 1.89. The van der Waals surface area contributed by atoms with Gasteiger partial charge in [0, 0.05) is 37.3 Å². The summed E-state index contributed by atoms with van der Waals surface area (Å²) in [4.78, 5) is 2.22. The van der Waals surface area contributed by atoms with Crippen molar-refractivity contribution in [3.8, 4) is 0 Å².